The zero-order valence-electron chi connectivity index (χ0n) is 9.24. The fourth-order valence-corrected chi connectivity index (χ4v) is 1.46. The van der Waals surface area contributed by atoms with E-state index < -0.39 is 11.6 Å². The molecule has 0 aliphatic heterocycles. The number of aromatic nitrogens is 2. The molecule has 88 valence electrons. The highest BCUT2D eigenvalue weighted by atomic mass is 19.1. The van der Waals surface area contributed by atoms with E-state index in [2.05, 4.69) is 15.3 Å². The molecule has 2 aromatic rings. The Kier molecular flexibility index (Phi) is 3.27. The minimum Gasteiger partial charge on any atom is -0.370 e. The Hall–Kier alpha value is -2.04. The van der Waals surface area contributed by atoms with E-state index >= 15 is 0 Å². The molecule has 0 unspecified atom stereocenters. The molecule has 3 nitrogen and oxygen atoms in total. The predicted octanol–water partition coefficient (Wildman–Crippen LogP) is 2.85. The van der Waals surface area contributed by atoms with Crippen LogP contribution in [0.2, 0.25) is 0 Å². The van der Waals surface area contributed by atoms with Gasteiger partial charge in [-0.05, 0) is 25.1 Å². The summed E-state index contributed by atoms with van der Waals surface area (Å²) in [6.45, 7) is 2.65. The maximum absolute atomic E-state index is 13.1. The lowest BCUT2D eigenvalue weighted by molar-refractivity contribution is 0.584. The second-order valence-corrected chi connectivity index (χ2v) is 3.45. The Morgan fingerprint density at radius 2 is 1.88 bits per heavy atom. The molecule has 2 rings (SSSR count). The number of nitrogens with zero attached hydrogens (tertiary/aromatic N) is 2. The van der Waals surface area contributed by atoms with Gasteiger partial charge < -0.3 is 5.32 Å². The largest absolute Gasteiger partial charge is 0.370 e. The highest BCUT2D eigenvalue weighted by Crippen LogP contribution is 2.18. The maximum atomic E-state index is 13.1. The summed E-state index contributed by atoms with van der Waals surface area (Å²) < 4.78 is 26.1. The van der Waals surface area contributed by atoms with E-state index in [0.29, 0.717) is 23.8 Å². The molecule has 1 aromatic carbocycles. The summed E-state index contributed by atoms with van der Waals surface area (Å²) >= 11 is 0. The van der Waals surface area contributed by atoms with Gasteiger partial charge in [0, 0.05) is 24.4 Å². The number of rotatable bonds is 3. The zero-order chi connectivity index (χ0) is 12.3. The second kappa shape index (κ2) is 4.86. The summed E-state index contributed by atoms with van der Waals surface area (Å²) in [5.41, 5.74) is 0.322. The van der Waals surface area contributed by atoms with Crippen molar-refractivity contribution < 1.29 is 8.78 Å². The van der Waals surface area contributed by atoms with Crippen LogP contribution in [0.1, 0.15) is 6.92 Å². The van der Waals surface area contributed by atoms with E-state index in [4.69, 9.17) is 0 Å². The zero-order valence-corrected chi connectivity index (χ0v) is 9.24. The molecule has 0 bridgehead atoms. The maximum Gasteiger partial charge on any atom is 0.161 e. The van der Waals surface area contributed by atoms with Crippen molar-refractivity contribution in [2.24, 2.45) is 0 Å². The number of halogens is 2. The van der Waals surface area contributed by atoms with Crippen molar-refractivity contribution in [1.29, 1.82) is 0 Å². The van der Waals surface area contributed by atoms with Crippen LogP contribution in [0, 0.1) is 11.6 Å². The molecule has 0 aliphatic rings. The van der Waals surface area contributed by atoms with Gasteiger partial charge in [-0.1, -0.05) is 0 Å². The number of anilines is 1. The first kappa shape index (κ1) is 11.4. The Morgan fingerprint density at radius 3 is 2.53 bits per heavy atom. The molecule has 0 saturated carbocycles. The van der Waals surface area contributed by atoms with Crippen molar-refractivity contribution >= 4 is 5.82 Å². The van der Waals surface area contributed by atoms with Gasteiger partial charge >= 0.3 is 0 Å². The number of hydrogen-bond donors (Lipinski definition) is 1. The lowest BCUT2D eigenvalue weighted by atomic mass is 10.2. The number of benzene rings is 1. The van der Waals surface area contributed by atoms with E-state index in [0.717, 1.165) is 6.07 Å². The molecule has 0 aliphatic carbocycles. The summed E-state index contributed by atoms with van der Waals surface area (Å²) in [5.74, 6) is -0.362. The van der Waals surface area contributed by atoms with E-state index in [-0.39, 0.29) is 0 Å². The lowest BCUT2D eigenvalue weighted by Crippen LogP contribution is -2.01. The van der Waals surface area contributed by atoms with Crippen molar-refractivity contribution in [2.45, 2.75) is 6.92 Å². The van der Waals surface area contributed by atoms with Gasteiger partial charge in [0.2, 0.25) is 0 Å². The van der Waals surface area contributed by atoms with Gasteiger partial charge in [0.05, 0.1) is 0 Å². The van der Waals surface area contributed by atoms with Crippen LogP contribution < -0.4 is 5.32 Å². The third-order valence-electron chi connectivity index (χ3n) is 2.13. The van der Waals surface area contributed by atoms with Crippen molar-refractivity contribution in [3.63, 3.8) is 0 Å². The molecule has 1 N–H and O–H groups in total. The van der Waals surface area contributed by atoms with Gasteiger partial charge in [-0.25, -0.2) is 18.7 Å². The van der Waals surface area contributed by atoms with Crippen LogP contribution in [0.15, 0.2) is 30.5 Å². The lowest BCUT2D eigenvalue weighted by Gasteiger charge is -2.05. The summed E-state index contributed by atoms with van der Waals surface area (Å²) in [7, 11) is 0. The quantitative estimate of drug-likeness (QED) is 0.888. The van der Waals surface area contributed by atoms with Gasteiger partial charge in [0.25, 0.3) is 0 Å². The smallest absolute Gasteiger partial charge is 0.161 e. The molecule has 0 radical (unpaired) electrons. The highest BCUT2D eigenvalue weighted by Gasteiger charge is 2.06. The Balaban J connectivity index is 2.41. The molecular formula is C12H11F2N3. The summed E-state index contributed by atoms with van der Waals surface area (Å²) in [5, 5.41) is 3.01. The molecule has 0 atom stereocenters. The number of hydrogen-bond acceptors (Lipinski definition) is 3. The van der Waals surface area contributed by atoms with Crippen LogP contribution in [0.25, 0.3) is 11.4 Å². The van der Waals surface area contributed by atoms with Crippen molar-refractivity contribution in [1.82, 2.24) is 9.97 Å². The monoisotopic (exact) mass is 235 g/mol. The van der Waals surface area contributed by atoms with Crippen LogP contribution in [-0.2, 0) is 0 Å². The van der Waals surface area contributed by atoms with E-state index in [1.165, 1.54) is 12.1 Å². The molecular weight excluding hydrogens is 224 g/mol. The highest BCUT2D eigenvalue weighted by molar-refractivity contribution is 5.56. The van der Waals surface area contributed by atoms with Crippen molar-refractivity contribution in [2.75, 3.05) is 11.9 Å². The van der Waals surface area contributed by atoms with Crippen LogP contribution in [0.5, 0.6) is 0 Å². The third kappa shape index (κ3) is 2.75. The first-order chi connectivity index (χ1) is 8.19. The molecule has 1 aromatic heterocycles. The van der Waals surface area contributed by atoms with Gasteiger partial charge in [-0.3, -0.25) is 0 Å². The second-order valence-electron chi connectivity index (χ2n) is 3.45. The first-order valence-electron chi connectivity index (χ1n) is 5.22. The van der Waals surface area contributed by atoms with Crippen molar-refractivity contribution in [3.8, 4) is 11.4 Å². The SMILES string of the molecule is CCNc1ccnc(-c2cc(F)cc(F)c2)n1. The van der Waals surface area contributed by atoms with Crippen LogP contribution in [0.4, 0.5) is 14.6 Å². The van der Waals surface area contributed by atoms with Crippen LogP contribution in [-0.4, -0.2) is 16.5 Å². The molecule has 0 amide bonds. The van der Waals surface area contributed by atoms with E-state index in [9.17, 15) is 8.78 Å². The fourth-order valence-electron chi connectivity index (χ4n) is 1.46. The van der Waals surface area contributed by atoms with Crippen LogP contribution in [0.3, 0.4) is 0 Å². The van der Waals surface area contributed by atoms with Gasteiger partial charge in [-0.2, -0.15) is 0 Å². The fraction of sp³-hybridized carbons (Fsp3) is 0.167. The number of nitrogens with one attached hydrogen (secondary N) is 1. The average molecular weight is 235 g/mol. The molecule has 1 heterocycles. The molecule has 17 heavy (non-hydrogen) atoms. The van der Waals surface area contributed by atoms with Gasteiger partial charge in [-0.15, -0.1) is 0 Å². The normalized spacial score (nSPS) is 10.3. The first-order valence-corrected chi connectivity index (χ1v) is 5.22. The molecule has 5 heteroatoms. The van der Waals surface area contributed by atoms with Crippen LogP contribution >= 0.6 is 0 Å². The Bertz CT molecular complexity index is 509. The van der Waals surface area contributed by atoms with E-state index in [1.807, 2.05) is 6.92 Å². The Morgan fingerprint density at radius 1 is 1.18 bits per heavy atom. The summed E-state index contributed by atoms with van der Waals surface area (Å²) in [4.78, 5) is 8.15. The average Bonchev–Trinajstić information content (AvgIpc) is 2.28. The van der Waals surface area contributed by atoms with Crippen molar-refractivity contribution in [3.05, 3.63) is 42.1 Å². The topological polar surface area (TPSA) is 37.8 Å². The minimum absolute atomic E-state index is 0.293. The molecule has 0 fully saturated rings. The van der Waals surface area contributed by atoms with E-state index in [1.54, 1.807) is 12.3 Å². The summed E-state index contributed by atoms with van der Waals surface area (Å²) in [6, 6.07) is 4.92. The Labute approximate surface area is 97.5 Å². The summed E-state index contributed by atoms with van der Waals surface area (Å²) in [6.07, 6.45) is 1.54. The van der Waals surface area contributed by atoms with Gasteiger partial charge in [0.1, 0.15) is 17.5 Å². The molecule has 0 saturated heterocycles. The molecule has 0 spiro atoms. The standard InChI is InChI=1S/C12H11F2N3/c1-2-15-11-3-4-16-12(17-11)8-5-9(13)7-10(14)6-8/h3-7H,2H2,1H3,(H,15,16,17). The predicted molar refractivity (Wildman–Crippen MR) is 61.5 cm³/mol. The third-order valence-corrected chi connectivity index (χ3v) is 2.13. The van der Waals surface area contributed by atoms with Gasteiger partial charge in [0.15, 0.2) is 5.82 Å². The minimum atomic E-state index is -0.641.